The quantitative estimate of drug-likeness (QED) is 0.644. The molecule has 1 aliphatic rings. The maximum Gasteiger partial charge on any atom is 0.219 e. The maximum atomic E-state index is 13.2. The van der Waals surface area contributed by atoms with E-state index in [0.29, 0.717) is 24.2 Å². The van der Waals surface area contributed by atoms with Crippen molar-refractivity contribution in [2.45, 2.75) is 38.3 Å². The highest BCUT2D eigenvalue weighted by Crippen LogP contribution is 2.20. The summed E-state index contributed by atoms with van der Waals surface area (Å²) in [6.45, 7) is 0.625. The van der Waals surface area contributed by atoms with Crippen LogP contribution in [0, 0.1) is 5.82 Å². The Kier molecular flexibility index (Phi) is 5.82. The Morgan fingerprint density at radius 1 is 1.28 bits per heavy atom. The van der Waals surface area contributed by atoms with E-state index in [0.717, 1.165) is 11.5 Å². The number of rotatable bonds is 5. The van der Waals surface area contributed by atoms with Gasteiger partial charge in [0.1, 0.15) is 11.6 Å². The number of nitrogens with one attached hydrogen (secondary N) is 2. The summed E-state index contributed by atoms with van der Waals surface area (Å²) >= 11 is 0. The normalized spacial score (nSPS) is 15.2. The summed E-state index contributed by atoms with van der Waals surface area (Å²) in [6, 6.07) is 10.2. The van der Waals surface area contributed by atoms with Crippen molar-refractivity contribution in [3.63, 3.8) is 0 Å². The number of benzene rings is 1. The maximum absolute atomic E-state index is 13.2. The van der Waals surface area contributed by atoms with Gasteiger partial charge in [0.05, 0.1) is 0 Å². The van der Waals surface area contributed by atoms with Crippen LogP contribution in [0.2, 0.25) is 0 Å². The fourth-order valence-electron chi connectivity index (χ4n) is 2.87. The third kappa shape index (κ3) is 5.17. The summed E-state index contributed by atoms with van der Waals surface area (Å²) in [6.07, 6.45) is 6.71. The highest BCUT2D eigenvalue weighted by molar-refractivity contribution is 5.79. The van der Waals surface area contributed by atoms with Crippen molar-refractivity contribution < 1.29 is 9.13 Å². The molecule has 0 aliphatic heterocycles. The van der Waals surface area contributed by atoms with Crippen molar-refractivity contribution in [2.75, 3.05) is 7.05 Å². The summed E-state index contributed by atoms with van der Waals surface area (Å²) in [5.41, 5.74) is 1.01. The number of aliphatic imine (C=N–C) groups is 1. The fourth-order valence-corrected chi connectivity index (χ4v) is 2.87. The Morgan fingerprint density at radius 3 is 2.80 bits per heavy atom. The molecule has 25 heavy (non-hydrogen) atoms. The average molecular weight is 342 g/mol. The first-order valence-corrected chi connectivity index (χ1v) is 8.58. The van der Waals surface area contributed by atoms with Gasteiger partial charge in [-0.1, -0.05) is 25.0 Å². The van der Waals surface area contributed by atoms with Crippen LogP contribution >= 0.6 is 0 Å². The number of pyridine rings is 1. The van der Waals surface area contributed by atoms with Gasteiger partial charge in [0.15, 0.2) is 5.96 Å². The largest absolute Gasteiger partial charge is 0.439 e. The zero-order valence-corrected chi connectivity index (χ0v) is 14.3. The molecule has 6 heteroatoms. The monoisotopic (exact) mass is 342 g/mol. The molecule has 2 aromatic rings. The zero-order valence-electron chi connectivity index (χ0n) is 14.3. The van der Waals surface area contributed by atoms with Gasteiger partial charge >= 0.3 is 0 Å². The van der Waals surface area contributed by atoms with Crippen LogP contribution in [0.5, 0.6) is 11.6 Å². The first-order valence-electron chi connectivity index (χ1n) is 8.58. The van der Waals surface area contributed by atoms with Gasteiger partial charge in [-0.3, -0.25) is 4.99 Å². The first-order chi connectivity index (χ1) is 12.2. The molecule has 5 nitrogen and oxygen atoms in total. The molecule has 0 bridgehead atoms. The highest BCUT2D eigenvalue weighted by Gasteiger charge is 2.15. The molecular formula is C19H23FN4O. The summed E-state index contributed by atoms with van der Waals surface area (Å²) < 4.78 is 18.7. The van der Waals surface area contributed by atoms with Crippen LogP contribution in [-0.2, 0) is 6.54 Å². The molecule has 1 heterocycles. The molecule has 0 saturated heterocycles. The summed E-state index contributed by atoms with van der Waals surface area (Å²) in [5, 5.41) is 6.74. The molecule has 0 spiro atoms. The molecule has 0 amide bonds. The van der Waals surface area contributed by atoms with Crippen molar-refractivity contribution in [1.29, 1.82) is 0 Å². The lowest BCUT2D eigenvalue weighted by atomic mass is 10.2. The Morgan fingerprint density at radius 2 is 2.12 bits per heavy atom. The molecule has 1 aliphatic carbocycles. The van der Waals surface area contributed by atoms with E-state index < -0.39 is 0 Å². The van der Waals surface area contributed by atoms with E-state index in [2.05, 4.69) is 20.6 Å². The molecule has 3 rings (SSSR count). The Balaban J connectivity index is 1.51. The Bertz CT molecular complexity index is 712. The van der Waals surface area contributed by atoms with E-state index in [1.54, 1.807) is 31.4 Å². The Hall–Kier alpha value is -2.63. The molecule has 0 atom stereocenters. The van der Waals surface area contributed by atoms with E-state index in [4.69, 9.17) is 4.74 Å². The van der Waals surface area contributed by atoms with Gasteiger partial charge < -0.3 is 15.4 Å². The molecule has 132 valence electrons. The number of aromatic nitrogens is 1. The highest BCUT2D eigenvalue weighted by atomic mass is 19.1. The van der Waals surface area contributed by atoms with E-state index in [1.807, 2.05) is 6.07 Å². The van der Waals surface area contributed by atoms with Crippen LogP contribution in [0.4, 0.5) is 4.39 Å². The minimum Gasteiger partial charge on any atom is -0.439 e. The zero-order chi connectivity index (χ0) is 17.5. The van der Waals surface area contributed by atoms with Crippen molar-refractivity contribution >= 4 is 5.96 Å². The molecule has 1 aromatic heterocycles. The third-order valence-electron chi connectivity index (χ3n) is 4.20. The number of guanidine groups is 1. The second kappa shape index (κ2) is 8.46. The molecule has 1 fully saturated rings. The minimum absolute atomic E-state index is 0.334. The number of halogens is 1. The van der Waals surface area contributed by atoms with Gasteiger partial charge in [-0.05, 0) is 30.5 Å². The van der Waals surface area contributed by atoms with Crippen LogP contribution in [0.15, 0.2) is 47.6 Å². The van der Waals surface area contributed by atoms with Gasteiger partial charge in [0.2, 0.25) is 5.88 Å². The predicted octanol–water partition coefficient (Wildman–Crippen LogP) is 3.62. The van der Waals surface area contributed by atoms with E-state index in [9.17, 15) is 4.39 Å². The first kappa shape index (κ1) is 17.2. The number of nitrogens with zero attached hydrogens (tertiary/aromatic N) is 2. The van der Waals surface area contributed by atoms with Crippen molar-refractivity contribution in [2.24, 2.45) is 4.99 Å². The van der Waals surface area contributed by atoms with Crippen LogP contribution in [0.1, 0.15) is 31.2 Å². The van der Waals surface area contributed by atoms with Crippen molar-refractivity contribution in [1.82, 2.24) is 15.6 Å². The van der Waals surface area contributed by atoms with E-state index in [1.165, 1.54) is 37.8 Å². The summed E-state index contributed by atoms with van der Waals surface area (Å²) in [4.78, 5) is 8.53. The molecule has 1 aromatic carbocycles. The fraction of sp³-hybridized carbons (Fsp3) is 0.368. The number of hydrogen-bond acceptors (Lipinski definition) is 3. The third-order valence-corrected chi connectivity index (χ3v) is 4.20. The standard InChI is InChI=1S/C19H23FN4O/c1-21-19(24-16-6-2-3-7-16)23-13-14-9-10-18(22-12-14)25-17-8-4-5-15(20)11-17/h4-5,8-12,16H,2-3,6-7,13H2,1H3,(H2,21,23,24). The second-order valence-corrected chi connectivity index (χ2v) is 6.12. The van der Waals surface area contributed by atoms with Crippen LogP contribution < -0.4 is 15.4 Å². The molecule has 0 radical (unpaired) electrons. The SMILES string of the molecule is CN=C(NCc1ccc(Oc2cccc(F)c2)nc1)NC1CCCC1. The molecule has 0 unspecified atom stereocenters. The van der Waals surface area contributed by atoms with Crippen molar-refractivity contribution in [3.05, 3.63) is 54.0 Å². The Labute approximate surface area is 147 Å². The van der Waals surface area contributed by atoms with Gasteiger partial charge in [0.25, 0.3) is 0 Å². The lowest BCUT2D eigenvalue weighted by molar-refractivity contribution is 0.457. The second-order valence-electron chi connectivity index (χ2n) is 6.12. The minimum atomic E-state index is -0.334. The summed E-state index contributed by atoms with van der Waals surface area (Å²) in [7, 11) is 1.78. The van der Waals surface area contributed by atoms with E-state index >= 15 is 0 Å². The molecule has 2 N–H and O–H groups in total. The predicted molar refractivity (Wildman–Crippen MR) is 96.3 cm³/mol. The lowest BCUT2D eigenvalue weighted by Gasteiger charge is -2.16. The summed E-state index contributed by atoms with van der Waals surface area (Å²) in [5.74, 6) is 1.34. The van der Waals surface area contributed by atoms with Crippen LogP contribution in [0.25, 0.3) is 0 Å². The number of ether oxygens (including phenoxy) is 1. The van der Waals surface area contributed by atoms with Crippen LogP contribution in [0.3, 0.4) is 0 Å². The van der Waals surface area contributed by atoms with Gasteiger partial charge in [-0.15, -0.1) is 0 Å². The van der Waals surface area contributed by atoms with E-state index in [-0.39, 0.29) is 5.82 Å². The van der Waals surface area contributed by atoms with Gasteiger partial charge in [-0.2, -0.15) is 0 Å². The number of hydrogen-bond donors (Lipinski definition) is 2. The van der Waals surface area contributed by atoms with Gasteiger partial charge in [0, 0.05) is 38.0 Å². The lowest BCUT2D eigenvalue weighted by Crippen LogP contribution is -2.41. The van der Waals surface area contributed by atoms with Crippen LogP contribution in [-0.4, -0.2) is 24.0 Å². The van der Waals surface area contributed by atoms with Crippen molar-refractivity contribution in [3.8, 4) is 11.6 Å². The van der Waals surface area contributed by atoms with Gasteiger partial charge in [-0.25, -0.2) is 9.37 Å². The smallest absolute Gasteiger partial charge is 0.219 e. The molecule has 1 saturated carbocycles. The molecular weight excluding hydrogens is 319 g/mol. The topological polar surface area (TPSA) is 58.5 Å². The average Bonchev–Trinajstić information content (AvgIpc) is 3.13.